The molecule has 1 atom stereocenters. The number of carbonyl (C=O) groups excluding carboxylic acids is 4. The van der Waals surface area contributed by atoms with E-state index in [1.807, 2.05) is 66.4 Å². The third kappa shape index (κ3) is 16.6. The number of amides is 5. The number of anilines is 1. The van der Waals surface area contributed by atoms with Crippen LogP contribution in [0.3, 0.4) is 0 Å². The van der Waals surface area contributed by atoms with Crippen molar-refractivity contribution in [1.29, 1.82) is 0 Å². The molecule has 1 unspecified atom stereocenters. The van der Waals surface area contributed by atoms with E-state index in [1.165, 1.54) is 0 Å². The Bertz CT molecular complexity index is 1600. The molecule has 4 rings (SSSR count). The number of benzene rings is 2. The highest BCUT2D eigenvalue weighted by atomic mass is 32.2. The zero-order chi connectivity index (χ0) is 38.9. The van der Waals surface area contributed by atoms with Crippen LogP contribution < -0.4 is 15.5 Å². The Labute approximate surface area is 328 Å². The highest BCUT2D eigenvalue weighted by molar-refractivity contribution is 8.01. The summed E-state index contributed by atoms with van der Waals surface area (Å²) in [5.74, 6) is 0.768. The number of hydrogen-bond donors (Lipinski definition) is 2. The van der Waals surface area contributed by atoms with Gasteiger partial charge < -0.3 is 34.5 Å². The Hall–Kier alpha value is -4.21. The van der Waals surface area contributed by atoms with E-state index < -0.39 is 6.03 Å². The van der Waals surface area contributed by atoms with Crippen molar-refractivity contribution in [1.82, 2.24) is 10.6 Å². The molecular formula is C41H55N5O8S. The summed E-state index contributed by atoms with van der Waals surface area (Å²) in [6.45, 7) is 7.51. The molecule has 2 aliphatic rings. The molecule has 1 fully saturated rings. The van der Waals surface area contributed by atoms with Crippen LogP contribution >= 0.6 is 11.8 Å². The molecular weight excluding hydrogens is 723 g/mol. The van der Waals surface area contributed by atoms with Crippen molar-refractivity contribution in [3.8, 4) is 0 Å². The zero-order valence-electron chi connectivity index (χ0n) is 31.7. The summed E-state index contributed by atoms with van der Waals surface area (Å²) < 4.78 is 22.1. The van der Waals surface area contributed by atoms with E-state index in [9.17, 15) is 19.2 Å². The smallest absolute Gasteiger partial charge is 0.366 e. The highest BCUT2D eigenvalue weighted by Gasteiger charge is 2.24. The van der Waals surface area contributed by atoms with Crippen molar-refractivity contribution in [2.45, 2.75) is 63.2 Å². The molecule has 2 aromatic rings. The lowest BCUT2D eigenvalue weighted by molar-refractivity contribution is -0.123. The number of hydrogen-bond acceptors (Lipinski definition) is 9. The molecule has 1 saturated heterocycles. The van der Waals surface area contributed by atoms with Gasteiger partial charge in [-0.25, -0.2) is 9.79 Å². The lowest BCUT2D eigenvalue weighted by atomic mass is 10.0. The molecule has 5 amide bonds. The molecule has 2 aromatic carbocycles. The highest BCUT2D eigenvalue weighted by Crippen LogP contribution is 2.30. The van der Waals surface area contributed by atoms with Crippen LogP contribution in [0.25, 0.3) is 12.2 Å². The topological polar surface area (TPSA) is 157 Å². The Morgan fingerprint density at radius 2 is 1.36 bits per heavy atom. The molecule has 0 spiro atoms. The zero-order valence-corrected chi connectivity index (χ0v) is 32.5. The van der Waals surface area contributed by atoms with Gasteiger partial charge in [-0.2, -0.15) is 16.8 Å². The van der Waals surface area contributed by atoms with Crippen LogP contribution in [0, 0.1) is 0 Å². The van der Waals surface area contributed by atoms with Crippen LogP contribution in [0.1, 0.15) is 68.1 Å². The third-order valence-corrected chi connectivity index (χ3v) is 10.3. The SMILES string of the molecule is C=NC(=O)/N=C1\CCSC1CCCCCC(=O)NCCOCCOCCOCCOCCC(=O)NCCC(=O)N1Cc2ccccc2/C=C\c2ccccc21. The molecule has 14 heteroatoms. The summed E-state index contributed by atoms with van der Waals surface area (Å²) in [7, 11) is 0. The number of ether oxygens (including phenoxy) is 4. The molecule has 13 nitrogen and oxygen atoms in total. The van der Waals surface area contributed by atoms with Gasteiger partial charge >= 0.3 is 6.03 Å². The van der Waals surface area contributed by atoms with Crippen LogP contribution in [0.5, 0.6) is 0 Å². The number of thioether (sulfide) groups is 1. The molecule has 298 valence electrons. The van der Waals surface area contributed by atoms with Gasteiger partial charge in [-0.15, -0.1) is 0 Å². The molecule has 0 saturated carbocycles. The Morgan fingerprint density at radius 1 is 0.727 bits per heavy atom. The minimum absolute atomic E-state index is 0.0174. The Kier molecular flexibility index (Phi) is 20.4. The maximum absolute atomic E-state index is 13.3. The van der Waals surface area contributed by atoms with E-state index >= 15 is 0 Å². The summed E-state index contributed by atoms with van der Waals surface area (Å²) >= 11 is 1.82. The number of nitrogens with one attached hydrogen (secondary N) is 2. The first-order valence-corrected chi connectivity index (χ1v) is 20.2. The number of rotatable bonds is 24. The standard InChI is InChI=1S/C41H55N5O8S/c1-42-41(50)45-35-19-30-55-37(35)13-3-2-4-14-38(47)44-21-23-52-25-27-54-29-28-53-26-24-51-22-18-39(48)43-20-17-40(49)46-31-34-11-6-5-9-32(34)15-16-33-10-7-8-12-36(33)46/h5-12,15-16,37H,1-4,13-14,17-31H2,(H,43,48)(H,44,47)/b16-15-,45-35+. The summed E-state index contributed by atoms with van der Waals surface area (Å²) in [5, 5.41) is 5.97. The quantitative estimate of drug-likeness (QED) is 0.104. The van der Waals surface area contributed by atoms with Gasteiger partial charge in [0.2, 0.25) is 17.7 Å². The van der Waals surface area contributed by atoms with Gasteiger partial charge in [0, 0.05) is 43.3 Å². The maximum atomic E-state index is 13.3. The first-order chi connectivity index (χ1) is 26.9. The summed E-state index contributed by atoms with van der Waals surface area (Å²) in [6, 6.07) is 15.4. The van der Waals surface area contributed by atoms with Crippen LogP contribution in [0.15, 0.2) is 58.5 Å². The predicted octanol–water partition coefficient (Wildman–Crippen LogP) is 5.50. The predicted molar refractivity (Wildman–Crippen MR) is 218 cm³/mol. The van der Waals surface area contributed by atoms with Crippen LogP contribution in [0.4, 0.5) is 10.5 Å². The summed E-state index contributed by atoms with van der Waals surface area (Å²) in [5.41, 5.74) is 4.89. The van der Waals surface area contributed by atoms with E-state index in [4.69, 9.17) is 18.9 Å². The second kappa shape index (κ2) is 25.8. The lowest BCUT2D eigenvalue weighted by Crippen LogP contribution is -2.35. The van der Waals surface area contributed by atoms with Gasteiger partial charge in [0.1, 0.15) is 0 Å². The van der Waals surface area contributed by atoms with Crippen molar-refractivity contribution < 1.29 is 38.1 Å². The average molecular weight is 778 g/mol. The van der Waals surface area contributed by atoms with Gasteiger partial charge in [0.25, 0.3) is 0 Å². The van der Waals surface area contributed by atoms with E-state index in [0.717, 1.165) is 65.9 Å². The molecule has 0 aliphatic carbocycles. The van der Waals surface area contributed by atoms with Gasteiger partial charge in [-0.05, 0) is 54.5 Å². The maximum Gasteiger partial charge on any atom is 0.366 e. The Balaban J connectivity index is 0.905. The number of aliphatic imine (C=N–C) groups is 2. The van der Waals surface area contributed by atoms with Crippen LogP contribution in [0.2, 0.25) is 0 Å². The molecule has 2 aliphatic heterocycles. The molecule has 2 heterocycles. The number of urea groups is 1. The van der Waals surface area contributed by atoms with E-state index in [2.05, 4.69) is 33.4 Å². The number of fused-ring (bicyclic) bond motifs is 2. The fraction of sp³-hybridized carbons (Fsp3) is 0.512. The molecule has 55 heavy (non-hydrogen) atoms. The van der Waals surface area contributed by atoms with Gasteiger partial charge in [-0.1, -0.05) is 67.5 Å². The summed E-state index contributed by atoms with van der Waals surface area (Å²) in [6.07, 6.45) is 9.51. The van der Waals surface area contributed by atoms with Crippen molar-refractivity contribution >= 4 is 65.8 Å². The number of unbranched alkanes of at least 4 members (excludes halogenated alkanes) is 2. The van der Waals surface area contributed by atoms with Crippen molar-refractivity contribution in [3.63, 3.8) is 0 Å². The van der Waals surface area contributed by atoms with Crippen LogP contribution in [-0.4, -0.2) is 113 Å². The second-order valence-electron chi connectivity index (χ2n) is 13.0. The second-order valence-corrected chi connectivity index (χ2v) is 14.3. The fourth-order valence-electron chi connectivity index (χ4n) is 6.07. The van der Waals surface area contributed by atoms with Crippen LogP contribution in [-0.2, 0) is 39.9 Å². The average Bonchev–Trinajstić information content (AvgIpc) is 3.63. The minimum Gasteiger partial charge on any atom is -0.379 e. The number of carbonyl (C=O) groups is 4. The minimum atomic E-state index is -0.516. The first kappa shape index (κ1) is 43.5. The van der Waals surface area contributed by atoms with Gasteiger partial charge in [0.05, 0.1) is 65.1 Å². The van der Waals surface area contributed by atoms with Gasteiger partial charge in [0.15, 0.2) is 0 Å². The van der Waals surface area contributed by atoms with E-state index in [0.29, 0.717) is 65.8 Å². The Morgan fingerprint density at radius 3 is 2.13 bits per heavy atom. The normalized spacial score (nSPS) is 16.1. The molecule has 0 bridgehead atoms. The number of nitrogens with zero attached hydrogens (tertiary/aromatic N) is 3. The van der Waals surface area contributed by atoms with E-state index in [-0.39, 0.29) is 49.0 Å². The van der Waals surface area contributed by atoms with Gasteiger partial charge in [-0.3, -0.25) is 14.4 Å². The largest absolute Gasteiger partial charge is 0.379 e. The van der Waals surface area contributed by atoms with Crippen molar-refractivity contribution in [2.24, 2.45) is 9.98 Å². The molecule has 0 aromatic heterocycles. The monoisotopic (exact) mass is 777 g/mol. The van der Waals surface area contributed by atoms with Crippen molar-refractivity contribution in [3.05, 3.63) is 65.2 Å². The molecule has 2 N–H and O–H groups in total. The number of para-hydroxylation sites is 1. The summed E-state index contributed by atoms with van der Waals surface area (Å²) in [4.78, 5) is 58.3. The fourth-order valence-corrected chi connectivity index (χ4v) is 7.38. The van der Waals surface area contributed by atoms with Crippen molar-refractivity contribution in [2.75, 3.05) is 76.6 Å². The lowest BCUT2D eigenvalue weighted by Gasteiger charge is -2.27. The first-order valence-electron chi connectivity index (χ1n) is 19.1. The third-order valence-electron chi connectivity index (χ3n) is 8.97. The van der Waals surface area contributed by atoms with E-state index in [1.54, 1.807) is 4.90 Å². The molecule has 0 radical (unpaired) electrons.